The first-order valence-electron chi connectivity index (χ1n) is 1.88. The van der Waals surface area contributed by atoms with Crippen molar-refractivity contribution >= 4 is 18.5 Å². The Morgan fingerprint density at radius 3 is 2.50 bits per heavy atom. The topological polar surface area (TPSA) is 58.6 Å². The second-order valence-corrected chi connectivity index (χ2v) is 0.832. The highest BCUT2D eigenvalue weighted by Gasteiger charge is 1.91. The molecular formula is C3H8ClNO3. The third-order valence-electron chi connectivity index (χ3n) is 0.367. The lowest BCUT2D eigenvalue weighted by atomic mass is 10.9. The summed E-state index contributed by atoms with van der Waals surface area (Å²) in [6.45, 7) is 1.92. The molecule has 0 saturated carbocycles. The molecule has 0 atom stereocenters. The van der Waals surface area contributed by atoms with E-state index in [4.69, 9.17) is 5.21 Å². The van der Waals surface area contributed by atoms with Crippen LogP contribution >= 0.6 is 12.4 Å². The summed E-state index contributed by atoms with van der Waals surface area (Å²) in [5.74, 6) is 0. The van der Waals surface area contributed by atoms with Gasteiger partial charge in [0.2, 0.25) is 0 Å². The molecule has 0 bridgehead atoms. The zero-order valence-corrected chi connectivity index (χ0v) is 5.20. The zero-order valence-electron chi connectivity index (χ0n) is 4.38. The molecular weight excluding hydrogens is 133 g/mol. The van der Waals surface area contributed by atoms with Crippen LogP contribution in [0.5, 0.6) is 0 Å². The molecule has 0 aliphatic heterocycles. The average molecular weight is 142 g/mol. The quantitative estimate of drug-likeness (QED) is 0.414. The van der Waals surface area contributed by atoms with Crippen molar-refractivity contribution in [3.8, 4) is 0 Å². The van der Waals surface area contributed by atoms with Gasteiger partial charge >= 0.3 is 6.09 Å². The number of ether oxygens (including phenoxy) is 1. The van der Waals surface area contributed by atoms with Crippen molar-refractivity contribution in [1.29, 1.82) is 0 Å². The van der Waals surface area contributed by atoms with Gasteiger partial charge in [0.1, 0.15) is 0 Å². The Kier molecular flexibility index (Phi) is 8.55. The van der Waals surface area contributed by atoms with E-state index in [1.54, 1.807) is 6.92 Å². The van der Waals surface area contributed by atoms with Gasteiger partial charge in [-0.3, -0.25) is 5.21 Å². The summed E-state index contributed by atoms with van der Waals surface area (Å²) >= 11 is 0. The van der Waals surface area contributed by atoms with E-state index < -0.39 is 6.09 Å². The summed E-state index contributed by atoms with van der Waals surface area (Å²) in [5.41, 5.74) is 1.30. The van der Waals surface area contributed by atoms with Crippen LogP contribution in [0.1, 0.15) is 6.92 Å². The second kappa shape index (κ2) is 6.52. The summed E-state index contributed by atoms with van der Waals surface area (Å²) in [7, 11) is 0. The van der Waals surface area contributed by atoms with Crippen LogP contribution in [0.15, 0.2) is 0 Å². The molecule has 0 saturated heterocycles. The minimum atomic E-state index is -0.817. The maximum absolute atomic E-state index is 9.83. The molecule has 0 aliphatic carbocycles. The van der Waals surface area contributed by atoms with Gasteiger partial charge in [-0.25, -0.2) is 10.3 Å². The van der Waals surface area contributed by atoms with Crippen molar-refractivity contribution in [2.45, 2.75) is 6.92 Å². The Labute approximate surface area is 53.2 Å². The van der Waals surface area contributed by atoms with E-state index in [9.17, 15) is 4.79 Å². The maximum Gasteiger partial charge on any atom is 0.431 e. The van der Waals surface area contributed by atoms with E-state index >= 15 is 0 Å². The SMILES string of the molecule is CCOC(=O)NO.Cl. The summed E-state index contributed by atoms with van der Waals surface area (Å²) in [6, 6.07) is 0. The number of carbonyl (C=O) groups excluding carboxylic acids is 1. The molecule has 0 rings (SSSR count). The van der Waals surface area contributed by atoms with E-state index in [2.05, 4.69) is 4.74 Å². The molecule has 0 spiro atoms. The van der Waals surface area contributed by atoms with Crippen LogP contribution in [0.3, 0.4) is 0 Å². The Hall–Kier alpha value is -0.480. The molecule has 2 N–H and O–H groups in total. The number of rotatable bonds is 1. The molecule has 0 aliphatic rings. The predicted molar refractivity (Wildman–Crippen MR) is 29.2 cm³/mol. The number of amides is 1. The number of nitrogens with one attached hydrogen (secondary N) is 1. The van der Waals surface area contributed by atoms with E-state index in [0.29, 0.717) is 0 Å². The molecule has 0 aromatic heterocycles. The fourth-order valence-corrected chi connectivity index (χ4v) is 0.163. The minimum absolute atomic E-state index is 0. The van der Waals surface area contributed by atoms with Crippen molar-refractivity contribution < 1.29 is 14.7 Å². The fourth-order valence-electron chi connectivity index (χ4n) is 0.163. The summed E-state index contributed by atoms with van der Waals surface area (Å²) in [4.78, 5) is 9.83. The molecule has 0 aromatic carbocycles. The number of halogens is 1. The highest BCUT2D eigenvalue weighted by atomic mass is 35.5. The van der Waals surface area contributed by atoms with Gasteiger partial charge in [-0.05, 0) is 6.92 Å². The molecule has 0 fully saturated rings. The number of hydrogen-bond donors (Lipinski definition) is 2. The maximum atomic E-state index is 9.83. The van der Waals surface area contributed by atoms with Gasteiger partial charge in [0.25, 0.3) is 0 Å². The van der Waals surface area contributed by atoms with E-state index in [-0.39, 0.29) is 19.0 Å². The van der Waals surface area contributed by atoms with Crippen LogP contribution in [0, 0.1) is 0 Å². The van der Waals surface area contributed by atoms with E-state index in [0.717, 1.165) is 0 Å². The van der Waals surface area contributed by atoms with Crippen molar-refractivity contribution in [1.82, 2.24) is 5.48 Å². The molecule has 4 nitrogen and oxygen atoms in total. The standard InChI is InChI=1S/C3H7NO3.ClH/c1-2-7-3(5)4-6;/h6H,2H2,1H3,(H,4,5);1H. The Morgan fingerprint density at radius 1 is 1.88 bits per heavy atom. The highest BCUT2D eigenvalue weighted by Crippen LogP contribution is 1.70. The van der Waals surface area contributed by atoms with Crippen molar-refractivity contribution in [3.63, 3.8) is 0 Å². The van der Waals surface area contributed by atoms with E-state index in [1.165, 1.54) is 5.48 Å². The molecule has 1 amide bonds. The van der Waals surface area contributed by atoms with Gasteiger partial charge < -0.3 is 4.74 Å². The Balaban J connectivity index is 0. The van der Waals surface area contributed by atoms with Crippen LogP contribution < -0.4 is 5.48 Å². The second-order valence-electron chi connectivity index (χ2n) is 0.832. The van der Waals surface area contributed by atoms with Crippen LogP contribution in [0.25, 0.3) is 0 Å². The van der Waals surface area contributed by atoms with Gasteiger partial charge in [0.15, 0.2) is 0 Å². The first-order valence-corrected chi connectivity index (χ1v) is 1.88. The first-order chi connectivity index (χ1) is 3.31. The van der Waals surface area contributed by atoms with Crippen molar-refractivity contribution in [2.24, 2.45) is 0 Å². The third kappa shape index (κ3) is 5.52. The van der Waals surface area contributed by atoms with Gasteiger partial charge in [-0.15, -0.1) is 12.4 Å². The monoisotopic (exact) mass is 141 g/mol. The number of hydroxylamine groups is 1. The van der Waals surface area contributed by atoms with Gasteiger partial charge in [0, 0.05) is 0 Å². The van der Waals surface area contributed by atoms with Gasteiger partial charge in [0.05, 0.1) is 6.61 Å². The summed E-state index contributed by atoms with van der Waals surface area (Å²) in [6.07, 6.45) is -0.817. The summed E-state index contributed by atoms with van der Waals surface area (Å²) < 4.78 is 4.19. The third-order valence-corrected chi connectivity index (χ3v) is 0.367. The largest absolute Gasteiger partial charge is 0.448 e. The molecule has 5 heteroatoms. The molecule has 0 unspecified atom stereocenters. The normalized spacial score (nSPS) is 6.75. The Morgan fingerprint density at radius 2 is 2.38 bits per heavy atom. The molecule has 50 valence electrons. The first kappa shape index (κ1) is 10.5. The number of hydrogen-bond acceptors (Lipinski definition) is 3. The van der Waals surface area contributed by atoms with Gasteiger partial charge in [-0.2, -0.15) is 0 Å². The smallest absolute Gasteiger partial charge is 0.431 e. The van der Waals surface area contributed by atoms with Crippen LogP contribution in [-0.4, -0.2) is 17.9 Å². The predicted octanol–water partition coefficient (Wildman–Crippen LogP) is 0.543. The lowest BCUT2D eigenvalue weighted by Crippen LogP contribution is -2.19. The fraction of sp³-hybridized carbons (Fsp3) is 0.667. The number of carbonyl (C=O) groups is 1. The average Bonchev–Trinajstić information content (AvgIpc) is 1.68. The van der Waals surface area contributed by atoms with Crippen LogP contribution in [0.4, 0.5) is 4.79 Å². The lowest BCUT2D eigenvalue weighted by molar-refractivity contribution is 0.0929. The van der Waals surface area contributed by atoms with E-state index in [1.807, 2.05) is 0 Å². The lowest BCUT2D eigenvalue weighted by Gasteiger charge is -1.94. The summed E-state index contributed by atoms with van der Waals surface area (Å²) in [5, 5.41) is 7.74. The van der Waals surface area contributed by atoms with Crippen LogP contribution in [0.2, 0.25) is 0 Å². The van der Waals surface area contributed by atoms with Gasteiger partial charge in [-0.1, -0.05) is 0 Å². The molecule has 0 aromatic rings. The van der Waals surface area contributed by atoms with Crippen molar-refractivity contribution in [2.75, 3.05) is 6.61 Å². The molecule has 0 radical (unpaired) electrons. The zero-order chi connectivity index (χ0) is 5.70. The van der Waals surface area contributed by atoms with Crippen molar-refractivity contribution in [3.05, 3.63) is 0 Å². The Bertz CT molecular complexity index is 67.5. The van der Waals surface area contributed by atoms with Crippen LogP contribution in [-0.2, 0) is 4.74 Å². The minimum Gasteiger partial charge on any atom is -0.448 e. The highest BCUT2D eigenvalue weighted by molar-refractivity contribution is 5.85. The molecule has 8 heavy (non-hydrogen) atoms. The molecule has 0 heterocycles.